The molecule has 0 bridgehead atoms. The van der Waals surface area contributed by atoms with E-state index in [4.69, 9.17) is 5.73 Å². The van der Waals surface area contributed by atoms with E-state index in [0.29, 0.717) is 25.9 Å². The maximum atomic E-state index is 13.5. The Labute approximate surface area is 178 Å². The Kier molecular flexibility index (Phi) is 5.93. The lowest BCUT2D eigenvalue weighted by molar-refractivity contribution is -0.154. The molecule has 2 heterocycles. The van der Waals surface area contributed by atoms with Crippen molar-refractivity contribution in [3.8, 4) is 0 Å². The summed E-state index contributed by atoms with van der Waals surface area (Å²) in [6, 6.07) is 10.2. The Balaban J connectivity index is 1.49. The molecule has 2 fully saturated rings. The van der Waals surface area contributed by atoms with Crippen molar-refractivity contribution in [2.24, 2.45) is 17.1 Å². The van der Waals surface area contributed by atoms with Crippen LogP contribution in [0.3, 0.4) is 0 Å². The minimum atomic E-state index is -1.25. The van der Waals surface area contributed by atoms with Crippen molar-refractivity contribution >= 4 is 23.3 Å². The zero-order valence-electron chi connectivity index (χ0n) is 17.5. The number of hydrogen-bond acceptors (Lipinski definition) is 3. The first kappa shape index (κ1) is 20.6. The van der Waals surface area contributed by atoms with Gasteiger partial charge in [-0.3, -0.25) is 14.4 Å². The Hall–Kier alpha value is -2.63. The average Bonchev–Trinajstić information content (AvgIpc) is 3.33. The van der Waals surface area contributed by atoms with Gasteiger partial charge in [-0.2, -0.15) is 0 Å². The fourth-order valence-electron chi connectivity index (χ4n) is 5.28. The van der Waals surface area contributed by atoms with E-state index in [2.05, 4.69) is 18.2 Å². The number of nitrogens with zero attached hydrogens (tertiary/aromatic N) is 2. The number of benzene rings is 1. The summed E-state index contributed by atoms with van der Waals surface area (Å²) in [5.74, 6) is -0.967. The highest BCUT2D eigenvalue weighted by atomic mass is 16.2. The Morgan fingerprint density at radius 1 is 0.967 bits per heavy atom. The summed E-state index contributed by atoms with van der Waals surface area (Å²) < 4.78 is 0. The van der Waals surface area contributed by atoms with E-state index in [-0.39, 0.29) is 24.2 Å². The SMILES string of the molecule is NC(=O)C1(C(=O)N2CC=C(c3ccccc3)CC2)CCCC(C(=O)N2CCCC2)C1. The van der Waals surface area contributed by atoms with Gasteiger partial charge in [0.05, 0.1) is 0 Å². The molecule has 0 radical (unpaired) electrons. The summed E-state index contributed by atoms with van der Waals surface area (Å²) in [5.41, 5.74) is 6.95. The van der Waals surface area contributed by atoms with Crippen molar-refractivity contribution in [1.82, 2.24) is 9.80 Å². The van der Waals surface area contributed by atoms with Crippen molar-refractivity contribution in [3.63, 3.8) is 0 Å². The fourth-order valence-corrected chi connectivity index (χ4v) is 5.28. The molecular formula is C24H31N3O3. The molecule has 4 rings (SSSR count). The molecule has 30 heavy (non-hydrogen) atoms. The largest absolute Gasteiger partial charge is 0.369 e. The predicted octanol–water partition coefficient (Wildman–Crippen LogP) is 2.59. The smallest absolute Gasteiger partial charge is 0.238 e. The van der Waals surface area contributed by atoms with Gasteiger partial charge in [-0.15, -0.1) is 0 Å². The number of carbonyl (C=O) groups excluding carboxylic acids is 3. The van der Waals surface area contributed by atoms with Crippen LogP contribution in [0.1, 0.15) is 50.5 Å². The molecule has 2 N–H and O–H groups in total. The number of amides is 3. The lowest BCUT2D eigenvalue weighted by Gasteiger charge is -2.41. The molecule has 6 heteroatoms. The molecular weight excluding hydrogens is 378 g/mol. The highest BCUT2D eigenvalue weighted by Crippen LogP contribution is 2.42. The third-order valence-electron chi connectivity index (χ3n) is 7.04. The summed E-state index contributed by atoms with van der Waals surface area (Å²) in [6.07, 6.45) is 6.98. The number of likely N-dealkylation sites (tertiary alicyclic amines) is 1. The third kappa shape index (κ3) is 3.87. The molecule has 1 aliphatic carbocycles. The molecule has 0 aromatic heterocycles. The van der Waals surface area contributed by atoms with Gasteiger partial charge < -0.3 is 15.5 Å². The molecule has 160 valence electrons. The normalized spacial score (nSPS) is 26.9. The Morgan fingerprint density at radius 3 is 2.33 bits per heavy atom. The number of hydrogen-bond donors (Lipinski definition) is 1. The molecule has 2 unspecified atom stereocenters. The molecule has 0 spiro atoms. The van der Waals surface area contributed by atoms with Gasteiger partial charge in [0.15, 0.2) is 0 Å². The first-order valence-electron chi connectivity index (χ1n) is 11.1. The van der Waals surface area contributed by atoms with E-state index in [1.807, 2.05) is 23.1 Å². The summed E-state index contributed by atoms with van der Waals surface area (Å²) in [6.45, 7) is 2.61. The van der Waals surface area contributed by atoms with Crippen LogP contribution in [0.25, 0.3) is 5.57 Å². The van der Waals surface area contributed by atoms with Crippen LogP contribution in [0.15, 0.2) is 36.4 Å². The number of nitrogens with two attached hydrogens (primary N) is 1. The van der Waals surface area contributed by atoms with Crippen LogP contribution < -0.4 is 5.73 Å². The predicted molar refractivity (Wildman–Crippen MR) is 115 cm³/mol. The third-order valence-corrected chi connectivity index (χ3v) is 7.04. The van der Waals surface area contributed by atoms with Crippen LogP contribution in [-0.4, -0.2) is 53.7 Å². The minimum absolute atomic E-state index is 0.0931. The van der Waals surface area contributed by atoms with Crippen LogP contribution in [-0.2, 0) is 14.4 Å². The first-order valence-corrected chi connectivity index (χ1v) is 11.1. The van der Waals surface area contributed by atoms with Gasteiger partial charge in [0, 0.05) is 32.1 Å². The van der Waals surface area contributed by atoms with Crippen molar-refractivity contribution in [2.75, 3.05) is 26.2 Å². The van der Waals surface area contributed by atoms with Crippen LogP contribution in [0, 0.1) is 11.3 Å². The van der Waals surface area contributed by atoms with E-state index in [1.165, 1.54) is 11.1 Å². The summed E-state index contributed by atoms with van der Waals surface area (Å²) in [4.78, 5) is 42.7. The number of rotatable bonds is 4. The molecule has 3 amide bonds. The fraction of sp³-hybridized carbons (Fsp3) is 0.542. The minimum Gasteiger partial charge on any atom is -0.369 e. The van der Waals surface area contributed by atoms with Crippen LogP contribution in [0.4, 0.5) is 0 Å². The van der Waals surface area contributed by atoms with Gasteiger partial charge >= 0.3 is 0 Å². The zero-order chi connectivity index (χ0) is 21.1. The van der Waals surface area contributed by atoms with E-state index in [9.17, 15) is 14.4 Å². The van der Waals surface area contributed by atoms with E-state index < -0.39 is 11.3 Å². The summed E-state index contributed by atoms with van der Waals surface area (Å²) >= 11 is 0. The van der Waals surface area contributed by atoms with Crippen molar-refractivity contribution in [2.45, 2.75) is 44.9 Å². The Bertz CT molecular complexity index is 845. The van der Waals surface area contributed by atoms with E-state index >= 15 is 0 Å². The molecule has 6 nitrogen and oxygen atoms in total. The second kappa shape index (κ2) is 8.62. The maximum Gasteiger partial charge on any atom is 0.238 e. The highest BCUT2D eigenvalue weighted by Gasteiger charge is 2.51. The zero-order valence-corrected chi connectivity index (χ0v) is 17.5. The van der Waals surface area contributed by atoms with Gasteiger partial charge in [0.2, 0.25) is 17.7 Å². The second-order valence-electron chi connectivity index (χ2n) is 8.87. The standard InChI is InChI=1S/C24H31N3O3/c25-22(29)24(12-6-9-20(17-24)21(28)26-13-4-5-14-26)23(30)27-15-10-19(11-16-27)18-7-2-1-3-8-18/h1-3,7-8,10,20H,4-6,9,11-17H2,(H2,25,29). The molecule has 2 atom stereocenters. The topological polar surface area (TPSA) is 83.7 Å². The van der Waals surface area contributed by atoms with E-state index in [1.54, 1.807) is 4.90 Å². The van der Waals surface area contributed by atoms with Crippen LogP contribution in [0.5, 0.6) is 0 Å². The molecule has 1 aromatic rings. The number of primary amides is 1. The van der Waals surface area contributed by atoms with Crippen molar-refractivity contribution in [1.29, 1.82) is 0 Å². The molecule has 1 saturated carbocycles. The van der Waals surface area contributed by atoms with Gasteiger partial charge in [0.25, 0.3) is 0 Å². The summed E-state index contributed by atoms with van der Waals surface area (Å²) in [7, 11) is 0. The number of carbonyl (C=O) groups is 3. The van der Waals surface area contributed by atoms with Gasteiger partial charge in [-0.25, -0.2) is 0 Å². The summed E-state index contributed by atoms with van der Waals surface area (Å²) in [5, 5.41) is 0. The molecule has 1 saturated heterocycles. The van der Waals surface area contributed by atoms with Gasteiger partial charge in [-0.05, 0) is 49.7 Å². The first-order chi connectivity index (χ1) is 14.5. The average molecular weight is 410 g/mol. The van der Waals surface area contributed by atoms with Crippen LogP contribution in [0.2, 0.25) is 0 Å². The van der Waals surface area contributed by atoms with Crippen molar-refractivity contribution < 1.29 is 14.4 Å². The quantitative estimate of drug-likeness (QED) is 0.776. The molecule has 3 aliphatic rings. The highest BCUT2D eigenvalue weighted by molar-refractivity contribution is 6.05. The Morgan fingerprint density at radius 2 is 1.70 bits per heavy atom. The second-order valence-corrected chi connectivity index (χ2v) is 8.87. The van der Waals surface area contributed by atoms with E-state index in [0.717, 1.165) is 38.8 Å². The molecule has 2 aliphatic heterocycles. The van der Waals surface area contributed by atoms with Gasteiger partial charge in [-0.1, -0.05) is 42.8 Å². The molecule has 1 aromatic carbocycles. The maximum absolute atomic E-state index is 13.5. The van der Waals surface area contributed by atoms with Crippen molar-refractivity contribution in [3.05, 3.63) is 42.0 Å². The van der Waals surface area contributed by atoms with Gasteiger partial charge in [0.1, 0.15) is 5.41 Å². The lowest BCUT2D eigenvalue weighted by Crippen LogP contribution is -2.55. The monoisotopic (exact) mass is 409 g/mol. The van der Waals surface area contributed by atoms with Crippen LogP contribution >= 0.6 is 0 Å². The lowest BCUT2D eigenvalue weighted by atomic mass is 9.67.